The number of aliphatic hydroxyl groups is 1. The van der Waals surface area contributed by atoms with Gasteiger partial charge >= 0.3 is 0 Å². The van der Waals surface area contributed by atoms with E-state index in [1.807, 2.05) is 6.92 Å². The number of hydrogen-bond donors (Lipinski definition) is 2. The summed E-state index contributed by atoms with van der Waals surface area (Å²) in [7, 11) is 0. The first-order valence-electron chi connectivity index (χ1n) is 4.45. The average Bonchev–Trinajstić information content (AvgIpc) is 2.60. The molecule has 1 aromatic heterocycles. The quantitative estimate of drug-likeness (QED) is 0.731. The highest BCUT2D eigenvalue weighted by atomic mass is 16.5. The molecule has 0 bridgehead atoms. The van der Waals surface area contributed by atoms with E-state index in [0.29, 0.717) is 12.1 Å². The van der Waals surface area contributed by atoms with Crippen molar-refractivity contribution >= 4 is 5.91 Å². The second kappa shape index (κ2) is 4.76. The standard InChI is InChI=1S/C9H14N2O3/c1-6(5-12)3-10-9(13)8-7(2)4-11-14-8/h4,6,12H,3,5H2,1-2H3,(H,10,13). The third-order valence-electron chi connectivity index (χ3n) is 1.88. The zero-order valence-corrected chi connectivity index (χ0v) is 8.28. The van der Waals surface area contributed by atoms with Crippen molar-refractivity contribution in [3.05, 3.63) is 17.5 Å². The normalized spacial score (nSPS) is 12.5. The average molecular weight is 198 g/mol. The molecule has 5 heteroatoms. The van der Waals surface area contributed by atoms with Crippen LogP contribution in [0.2, 0.25) is 0 Å². The van der Waals surface area contributed by atoms with Gasteiger partial charge in [0.25, 0.3) is 5.91 Å². The maximum atomic E-state index is 11.4. The van der Waals surface area contributed by atoms with Gasteiger partial charge in [-0.1, -0.05) is 12.1 Å². The Labute approximate surface area is 82.1 Å². The molecule has 1 heterocycles. The van der Waals surface area contributed by atoms with E-state index in [-0.39, 0.29) is 24.2 Å². The van der Waals surface area contributed by atoms with Gasteiger partial charge in [0.05, 0.1) is 6.20 Å². The van der Waals surface area contributed by atoms with Crippen LogP contribution in [0.5, 0.6) is 0 Å². The van der Waals surface area contributed by atoms with Crippen molar-refractivity contribution in [2.24, 2.45) is 5.92 Å². The highest BCUT2D eigenvalue weighted by Gasteiger charge is 2.14. The highest BCUT2D eigenvalue weighted by Crippen LogP contribution is 2.05. The smallest absolute Gasteiger partial charge is 0.290 e. The summed E-state index contributed by atoms with van der Waals surface area (Å²) in [6.45, 7) is 4.07. The number of carbonyl (C=O) groups is 1. The van der Waals surface area contributed by atoms with Gasteiger partial charge in [-0.25, -0.2) is 0 Å². The van der Waals surface area contributed by atoms with E-state index in [4.69, 9.17) is 9.63 Å². The molecule has 0 aliphatic heterocycles. The van der Waals surface area contributed by atoms with Gasteiger partial charge in [0.1, 0.15) is 0 Å². The van der Waals surface area contributed by atoms with E-state index in [2.05, 4.69) is 10.5 Å². The SMILES string of the molecule is Cc1cnoc1C(=O)NCC(C)CO. The number of aryl methyl sites for hydroxylation is 1. The van der Waals surface area contributed by atoms with Crippen LogP contribution in [0, 0.1) is 12.8 Å². The molecule has 0 aliphatic rings. The molecule has 2 N–H and O–H groups in total. The minimum absolute atomic E-state index is 0.0437. The van der Waals surface area contributed by atoms with Crippen molar-refractivity contribution < 1.29 is 14.4 Å². The van der Waals surface area contributed by atoms with Crippen molar-refractivity contribution in [1.29, 1.82) is 0 Å². The molecule has 1 unspecified atom stereocenters. The van der Waals surface area contributed by atoms with Crippen LogP contribution >= 0.6 is 0 Å². The van der Waals surface area contributed by atoms with Crippen molar-refractivity contribution in [3.8, 4) is 0 Å². The highest BCUT2D eigenvalue weighted by molar-refractivity contribution is 5.92. The molecule has 78 valence electrons. The Morgan fingerprint density at radius 1 is 1.79 bits per heavy atom. The zero-order chi connectivity index (χ0) is 10.6. The summed E-state index contributed by atoms with van der Waals surface area (Å²) in [5.74, 6) is -0.0161. The number of hydrogen-bond acceptors (Lipinski definition) is 4. The van der Waals surface area contributed by atoms with Crippen LogP contribution in [-0.4, -0.2) is 29.3 Å². The van der Waals surface area contributed by atoms with E-state index >= 15 is 0 Å². The maximum Gasteiger partial charge on any atom is 0.290 e. The fourth-order valence-corrected chi connectivity index (χ4v) is 0.921. The number of nitrogens with one attached hydrogen (secondary N) is 1. The third kappa shape index (κ3) is 2.56. The molecule has 1 rings (SSSR count). The summed E-state index contributed by atoms with van der Waals surface area (Å²) in [5.41, 5.74) is 0.708. The Kier molecular flexibility index (Phi) is 3.64. The van der Waals surface area contributed by atoms with Crippen LogP contribution in [0.1, 0.15) is 23.0 Å². The van der Waals surface area contributed by atoms with E-state index in [9.17, 15) is 4.79 Å². The van der Waals surface area contributed by atoms with Gasteiger partial charge in [0.15, 0.2) is 0 Å². The second-order valence-corrected chi connectivity index (χ2v) is 3.34. The first-order chi connectivity index (χ1) is 6.65. The van der Waals surface area contributed by atoms with Gasteiger partial charge in [0.2, 0.25) is 5.76 Å². The lowest BCUT2D eigenvalue weighted by molar-refractivity contribution is 0.0904. The maximum absolute atomic E-state index is 11.4. The van der Waals surface area contributed by atoms with E-state index < -0.39 is 0 Å². The van der Waals surface area contributed by atoms with Gasteiger partial charge in [-0.05, 0) is 12.8 Å². The Hall–Kier alpha value is -1.36. The molecule has 1 atom stereocenters. The van der Waals surface area contributed by atoms with Crippen LogP contribution in [0.4, 0.5) is 0 Å². The fourth-order valence-electron chi connectivity index (χ4n) is 0.921. The van der Waals surface area contributed by atoms with Crippen molar-refractivity contribution in [2.45, 2.75) is 13.8 Å². The topological polar surface area (TPSA) is 75.4 Å². The van der Waals surface area contributed by atoms with Gasteiger partial charge in [0, 0.05) is 18.7 Å². The molecule has 5 nitrogen and oxygen atoms in total. The molecular formula is C9H14N2O3. The number of aromatic nitrogens is 1. The van der Waals surface area contributed by atoms with Gasteiger partial charge < -0.3 is 14.9 Å². The zero-order valence-electron chi connectivity index (χ0n) is 8.28. The van der Waals surface area contributed by atoms with Gasteiger partial charge in [-0.15, -0.1) is 0 Å². The van der Waals surface area contributed by atoms with Crippen molar-refractivity contribution in [1.82, 2.24) is 10.5 Å². The molecule has 0 fully saturated rings. The molecule has 1 aromatic rings. The molecule has 0 spiro atoms. The molecule has 0 radical (unpaired) electrons. The lowest BCUT2D eigenvalue weighted by Crippen LogP contribution is -2.29. The molecule has 0 saturated carbocycles. The molecule has 0 aliphatic carbocycles. The second-order valence-electron chi connectivity index (χ2n) is 3.34. The Morgan fingerprint density at radius 2 is 2.50 bits per heavy atom. The van der Waals surface area contributed by atoms with Gasteiger partial charge in [-0.2, -0.15) is 0 Å². The lowest BCUT2D eigenvalue weighted by Gasteiger charge is -2.07. The number of carbonyl (C=O) groups excluding carboxylic acids is 1. The lowest BCUT2D eigenvalue weighted by atomic mass is 10.2. The van der Waals surface area contributed by atoms with Crippen LogP contribution in [-0.2, 0) is 0 Å². The molecule has 14 heavy (non-hydrogen) atoms. The summed E-state index contributed by atoms with van der Waals surface area (Å²) >= 11 is 0. The van der Waals surface area contributed by atoms with Gasteiger partial charge in [-0.3, -0.25) is 4.79 Å². The van der Waals surface area contributed by atoms with Crippen LogP contribution in [0.15, 0.2) is 10.7 Å². The molecule has 0 aromatic carbocycles. The van der Waals surface area contributed by atoms with E-state index in [1.54, 1.807) is 6.92 Å². The number of rotatable bonds is 4. The Bertz CT molecular complexity index is 309. The fraction of sp³-hybridized carbons (Fsp3) is 0.556. The minimum atomic E-state index is -0.291. The van der Waals surface area contributed by atoms with Crippen LogP contribution < -0.4 is 5.32 Å². The van der Waals surface area contributed by atoms with E-state index in [1.165, 1.54) is 6.20 Å². The molecule has 0 saturated heterocycles. The predicted molar refractivity (Wildman–Crippen MR) is 49.8 cm³/mol. The summed E-state index contributed by atoms with van der Waals surface area (Å²) in [4.78, 5) is 11.4. The summed E-state index contributed by atoms with van der Waals surface area (Å²) in [6, 6.07) is 0. The Balaban J connectivity index is 2.47. The Morgan fingerprint density at radius 3 is 3.00 bits per heavy atom. The molecular weight excluding hydrogens is 184 g/mol. The number of nitrogens with zero attached hydrogens (tertiary/aromatic N) is 1. The number of aliphatic hydroxyl groups excluding tert-OH is 1. The van der Waals surface area contributed by atoms with Crippen molar-refractivity contribution in [2.75, 3.05) is 13.2 Å². The minimum Gasteiger partial charge on any atom is -0.396 e. The summed E-state index contributed by atoms with van der Waals surface area (Å²) in [5, 5.41) is 14.9. The van der Waals surface area contributed by atoms with Crippen LogP contribution in [0.3, 0.4) is 0 Å². The first-order valence-corrected chi connectivity index (χ1v) is 4.45. The summed E-state index contributed by atoms with van der Waals surface area (Å²) < 4.78 is 4.77. The van der Waals surface area contributed by atoms with Crippen LogP contribution in [0.25, 0.3) is 0 Å². The monoisotopic (exact) mass is 198 g/mol. The summed E-state index contributed by atoms with van der Waals surface area (Å²) in [6.07, 6.45) is 1.49. The van der Waals surface area contributed by atoms with E-state index in [0.717, 1.165) is 0 Å². The van der Waals surface area contributed by atoms with Crippen molar-refractivity contribution in [3.63, 3.8) is 0 Å². The largest absolute Gasteiger partial charge is 0.396 e. The molecule has 1 amide bonds. The number of amides is 1. The third-order valence-corrected chi connectivity index (χ3v) is 1.88. The predicted octanol–water partition coefficient (Wildman–Crippen LogP) is 0.341. The first kappa shape index (κ1) is 10.7.